The highest BCUT2D eigenvalue weighted by Crippen LogP contribution is 2.18. The van der Waals surface area contributed by atoms with Crippen molar-refractivity contribution >= 4 is 24.0 Å². The molecule has 3 aromatic rings. The van der Waals surface area contributed by atoms with Crippen LogP contribution in [0.15, 0.2) is 53.1 Å². The van der Waals surface area contributed by atoms with Gasteiger partial charge in [-0.15, -0.1) is 12.4 Å². The fourth-order valence-electron chi connectivity index (χ4n) is 2.36. The minimum atomic E-state index is -0.215. The Labute approximate surface area is 174 Å². The zero-order valence-corrected chi connectivity index (χ0v) is 16.8. The molecule has 29 heavy (non-hydrogen) atoms. The van der Waals surface area contributed by atoms with Crippen LogP contribution >= 0.6 is 12.4 Å². The van der Waals surface area contributed by atoms with Crippen LogP contribution in [-0.4, -0.2) is 29.2 Å². The molecule has 8 nitrogen and oxygen atoms in total. The highest BCUT2D eigenvalue weighted by molar-refractivity contribution is 6.04. The molecule has 0 aliphatic carbocycles. The Balaban J connectivity index is 0.00000300. The largest absolute Gasteiger partial charge is 0.492 e. The molecule has 0 radical (unpaired) electrons. The second kappa shape index (κ2) is 11.0. The standard InChI is InChI=1S/C20H22N4O4.ClH/c1-2-19-23-18(24-28-19)13-27-17-7-3-14(4-8-17)20(25)22-15-5-9-16(10-6-15)26-12-11-21;/h3-10H,2,11-13,21H2,1H3,(H,22,25);1H. The van der Waals surface area contributed by atoms with Gasteiger partial charge >= 0.3 is 0 Å². The van der Waals surface area contributed by atoms with E-state index in [0.29, 0.717) is 54.0 Å². The lowest BCUT2D eigenvalue weighted by Gasteiger charge is -2.08. The lowest BCUT2D eigenvalue weighted by molar-refractivity contribution is 0.102. The topological polar surface area (TPSA) is 112 Å². The van der Waals surface area contributed by atoms with Crippen molar-refractivity contribution in [1.29, 1.82) is 0 Å². The third kappa shape index (κ3) is 6.48. The van der Waals surface area contributed by atoms with Crippen molar-refractivity contribution in [2.75, 3.05) is 18.5 Å². The third-order valence-corrected chi connectivity index (χ3v) is 3.80. The number of carbonyl (C=O) groups excluding carboxylic acids is 1. The van der Waals surface area contributed by atoms with Crippen LogP contribution in [0.1, 0.15) is 29.0 Å². The molecule has 2 aromatic carbocycles. The maximum absolute atomic E-state index is 12.4. The quantitative estimate of drug-likeness (QED) is 0.548. The first kappa shape index (κ1) is 22.2. The first-order valence-electron chi connectivity index (χ1n) is 8.96. The number of anilines is 1. The van der Waals surface area contributed by atoms with E-state index < -0.39 is 0 Å². The van der Waals surface area contributed by atoms with Crippen molar-refractivity contribution in [3.63, 3.8) is 0 Å². The first-order chi connectivity index (χ1) is 13.7. The summed E-state index contributed by atoms with van der Waals surface area (Å²) in [7, 11) is 0. The summed E-state index contributed by atoms with van der Waals surface area (Å²) in [5.74, 6) is 2.16. The van der Waals surface area contributed by atoms with E-state index in [2.05, 4.69) is 15.5 Å². The summed E-state index contributed by atoms with van der Waals surface area (Å²) in [5, 5.41) is 6.66. The van der Waals surface area contributed by atoms with Crippen LogP contribution in [0.25, 0.3) is 0 Å². The van der Waals surface area contributed by atoms with Gasteiger partial charge in [0.25, 0.3) is 5.91 Å². The molecule has 1 heterocycles. The van der Waals surface area contributed by atoms with Gasteiger partial charge in [0.2, 0.25) is 11.7 Å². The minimum Gasteiger partial charge on any atom is -0.492 e. The van der Waals surface area contributed by atoms with Crippen molar-refractivity contribution in [2.45, 2.75) is 20.0 Å². The number of nitrogens with two attached hydrogens (primary N) is 1. The number of aryl methyl sites for hydroxylation is 1. The number of aromatic nitrogens is 2. The van der Waals surface area contributed by atoms with E-state index in [1.807, 2.05) is 6.92 Å². The molecule has 1 aromatic heterocycles. The first-order valence-corrected chi connectivity index (χ1v) is 8.96. The van der Waals surface area contributed by atoms with Crippen LogP contribution in [0.2, 0.25) is 0 Å². The number of ether oxygens (including phenoxy) is 2. The summed E-state index contributed by atoms with van der Waals surface area (Å²) in [4.78, 5) is 16.5. The van der Waals surface area contributed by atoms with E-state index >= 15 is 0 Å². The summed E-state index contributed by atoms with van der Waals surface area (Å²) < 4.78 is 16.0. The molecule has 0 saturated heterocycles. The van der Waals surface area contributed by atoms with Crippen LogP contribution in [-0.2, 0) is 13.0 Å². The maximum atomic E-state index is 12.4. The Kier molecular flexibility index (Phi) is 8.45. The van der Waals surface area contributed by atoms with Crippen molar-refractivity contribution < 1.29 is 18.8 Å². The Morgan fingerprint density at radius 1 is 1.07 bits per heavy atom. The predicted molar refractivity (Wildman–Crippen MR) is 111 cm³/mol. The van der Waals surface area contributed by atoms with Gasteiger partial charge in [-0.3, -0.25) is 4.79 Å². The van der Waals surface area contributed by atoms with Gasteiger partial charge in [0.15, 0.2) is 6.61 Å². The lowest BCUT2D eigenvalue weighted by atomic mass is 10.2. The van der Waals surface area contributed by atoms with Crippen LogP contribution < -0.4 is 20.5 Å². The van der Waals surface area contributed by atoms with E-state index in [1.54, 1.807) is 48.5 Å². The summed E-state index contributed by atoms with van der Waals surface area (Å²) in [5.41, 5.74) is 6.59. The van der Waals surface area contributed by atoms with E-state index in [4.69, 9.17) is 19.7 Å². The van der Waals surface area contributed by atoms with Gasteiger partial charge in [-0.25, -0.2) is 0 Å². The molecule has 0 aliphatic rings. The Hall–Kier alpha value is -3.10. The molecule has 9 heteroatoms. The molecule has 1 amide bonds. The summed E-state index contributed by atoms with van der Waals surface area (Å²) in [6.45, 7) is 3.04. The molecule has 0 bridgehead atoms. The van der Waals surface area contributed by atoms with Gasteiger partial charge in [0.05, 0.1) is 0 Å². The van der Waals surface area contributed by atoms with E-state index in [9.17, 15) is 4.79 Å². The molecule has 0 unspecified atom stereocenters. The maximum Gasteiger partial charge on any atom is 0.255 e. The fraction of sp³-hybridized carbons (Fsp3) is 0.250. The van der Waals surface area contributed by atoms with Crippen molar-refractivity contribution in [3.8, 4) is 11.5 Å². The average Bonchev–Trinajstić information content (AvgIpc) is 3.20. The number of carbonyl (C=O) groups is 1. The zero-order valence-electron chi connectivity index (χ0n) is 16.0. The number of hydrogen-bond donors (Lipinski definition) is 2. The molecule has 0 fully saturated rings. The van der Waals surface area contributed by atoms with Gasteiger partial charge in [-0.1, -0.05) is 12.1 Å². The SMILES string of the molecule is CCc1nc(COc2ccc(C(=O)Nc3ccc(OCCN)cc3)cc2)no1.Cl. The van der Waals surface area contributed by atoms with Crippen LogP contribution in [0.4, 0.5) is 5.69 Å². The monoisotopic (exact) mass is 418 g/mol. The second-order valence-electron chi connectivity index (χ2n) is 5.89. The highest BCUT2D eigenvalue weighted by Gasteiger charge is 2.08. The molecular formula is C20H23ClN4O4. The molecular weight excluding hydrogens is 396 g/mol. The fourth-order valence-corrected chi connectivity index (χ4v) is 2.36. The predicted octanol–water partition coefficient (Wildman–Crippen LogP) is 3.22. The van der Waals surface area contributed by atoms with Gasteiger partial charge in [-0.05, 0) is 48.5 Å². The van der Waals surface area contributed by atoms with Crippen molar-refractivity contribution in [1.82, 2.24) is 10.1 Å². The number of benzene rings is 2. The molecule has 3 N–H and O–H groups in total. The van der Waals surface area contributed by atoms with Gasteiger partial charge in [0.1, 0.15) is 18.1 Å². The number of amides is 1. The molecule has 0 saturated carbocycles. The summed E-state index contributed by atoms with van der Waals surface area (Å²) in [6, 6.07) is 13.9. The zero-order chi connectivity index (χ0) is 19.8. The number of nitrogens with one attached hydrogen (secondary N) is 1. The molecule has 0 aliphatic heterocycles. The number of nitrogens with zero attached hydrogens (tertiary/aromatic N) is 2. The van der Waals surface area contributed by atoms with Crippen molar-refractivity contribution in [3.05, 3.63) is 65.8 Å². The Bertz CT molecular complexity index is 898. The number of hydrogen-bond acceptors (Lipinski definition) is 7. The van der Waals surface area contributed by atoms with Gasteiger partial charge in [0, 0.05) is 24.2 Å². The smallest absolute Gasteiger partial charge is 0.255 e. The number of rotatable bonds is 9. The number of halogens is 1. The van der Waals surface area contributed by atoms with Gasteiger partial charge < -0.3 is 25.0 Å². The third-order valence-electron chi connectivity index (χ3n) is 3.80. The summed E-state index contributed by atoms with van der Waals surface area (Å²) in [6.07, 6.45) is 0.681. The van der Waals surface area contributed by atoms with Crippen LogP contribution in [0.5, 0.6) is 11.5 Å². The van der Waals surface area contributed by atoms with E-state index in [0.717, 1.165) is 0 Å². The Morgan fingerprint density at radius 2 is 1.72 bits per heavy atom. The normalized spacial score (nSPS) is 10.1. The van der Waals surface area contributed by atoms with Crippen molar-refractivity contribution in [2.24, 2.45) is 5.73 Å². The lowest BCUT2D eigenvalue weighted by Crippen LogP contribution is -2.12. The average molecular weight is 419 g/mol. The molecule has 0 atom stereocenters. The molecule has 3 rings (SSSR count). The summed E-state index contributed by atoms with van der Waals surface area (Å²) >= 11 is 0. The Morgan fingerprint density at radius 3 is 2.34 bits per heavy atom. The molecule has 0 spiro atoms. The molecule has 154 valence electrons. The minimum absolute atomic E-state index is 0. The van der Waals surface area contributed by atoms with E-state index in [1.165, 1.54) is 0 Å². The van der Waals surface area contributed by atoms with Gasteiger partial charge in [-0.2, -0.15) is 4.98 Å². The second-order valence-corrected chi connectivity index (χ2v) is 5.89. The van der Waals surface area contributed by atoms with Crippen LogP contribution in [0.3, 0.4) is 0 Å². The van der Waals surface area contributed by atoms with E-state index in [-0.39, 0.29) is 24.9 Å². The highest BCUT2D eigenvalue weighted by atomic mass is 35.5. The van der Waals surface area contributed by atoms with Crippen LogP contribution in [0, 0.1) is 0 Å².